The van der Waals surface area contributed by atoms with E-state index in [0.29, 0.717) is 6.54 Å². The Balaban J connectivity index is 1.73. The fraction of sp³-hybridized carbons (Fsp3) is 0.308. The summed E-state index contributed by atoms with van der Waals surface area (Å²) in [5, 5.41) is 6.33. The van der Waals surface area contributed by atoms with Crippen LogP contribution in [0.1, 0.15) is 22.6 Å². The third-order valence-electron chi connectivity index (χ3n) is 2.56. The summed E-state index contributed by atoms with van der Waals surface area (Å²) in [7, 11) is 0. The van der Waals surface area contributed by atoms with E-state index in [1.165, 1.54) is 12.1 Å². The molecule has 18 heavy (non-hydrogen) atoms. The molecule has 0 radical (unpaired) electrons. The maximum Gasteiger partial charge on any atom is 0.263 e. The molecule has 1 N–H and O–H groups in total. The van der Waals surface area contributed by atoms with Crippen LogP contribution in [0.15, 0.2) is 35.8 Å². The van der Waals surface area contributed by atoms with Gasteiger partial charge in [0.05, 0.1) is 5.01 Å². The van der Waals surface area contributed by atoms with Crippen molar-refractivity contribution >= 4 is 11.3 Å². The lowest BCUT2D eigenvalue weighted by Gasteiger charge is -2.05. The van der Waals surface area contributed by atoms with Gasteiger partial charge in [-0.25, -0.2) is 13.8 Å². The van der Waals surface area contributed by atoms with Gasteiger partial charge in [0.15, 0.2) is 0 Å². The van der Waals surface area contributed by atoms with Crippen molar-refractivity contribution in [1.82, 2.24) is 10.3 Å². The average Bonchev–Trinajstić information content (AvgIpc) is 2.88. The fourth-order valence-corrected chi connectivity index (χ4v) is 2.21. The molecule has 0 unspecified atom stereocenters. The van der Waals surface area contributed by atoms with Gasteiger partial charge >= 0.3 is 0 Å². The lowest BCUT2D eigenvalue weighted by Crippen LogP contribution is -2.16. The van der Waals surface area contributed by atoms with E-state index in [0.717, 1.165) is 23.5 Å². The number of alkyl halides is 2. The van der Waals surface area contributed by atoms with Gasteiger partial charge < -0.3 is 5.32 Å². The molecule has 0 amide bonds. The van der Waals surface area contributed by atoms with Crippen molar-refractivity contribution < 1.29 is 8.78 Å². The van der Waals surface area contributed by atoms with Gasteiger partial charge in [-0.2, -0.15) is 0 Å². The highest BCUT2D eigenvalue weighted by molar-refractivity contribution is 7.09. The van der Waals surface area contributed by atoms with Gasteiger partial charge in [0.1, 0.15) is 0 Å². The highest BCUT2D eigenvalue weighted by atomic mass is 32.1. The molecule has 0 aliphatic heterocycles. The first kappa shape index (κ1) is 13.1. The molecule has 0 aliphatic rings. The van der Waals surface area contributed by atoms with E-state index in [1.54, 1.807) is 29.7 Å². The first-order chi connectivity index (χ1) is 8.75. The molecular formula is C13H14F2N2S. The Morgan fingerprint density at radius 3 is 2.61 bits per heavy atom. The monoisotopic (exact) mass is 268 g/mol. The number of nitrogens with zero attached hydrogens (tertiary/aromatic N) is 1. The minimum atomic E-state index is -2.39. The Morgan fingerprint density at radius 1 is 1.22 bits per heavy atom. The van der Waals surface area contributed by atoms with Gasteiger partial charge in [-0.3, -0.25) is 0 Å². The number of nitrogens with one attached hydrogen (secondary N) is 1. The molecule has 0 fully saturated rings. The molecule has 1 aromatic carbocycles. The smallest absolute Gasteiger partial charge is 0.263 e. The summed E-state index contributed by atoms with van der Waals surface area (Å²) in [6, 6.07) is 6.42. The second-order valence-electron chi connectivity index (χ2n) is 3.89. The molecule has 0 atom stereocenters. The van der Waals surface area contributed by atoms with Crippen molar-refractivity contribution in [3.8, 4) is 0 Å². The number of benzene rings is 1. The molecule has 1 heterocycles. The first-order valence-corrected chi connectivity index (χ1v) is 6.60. The quantitative estimate of drug-likeness (QED) is 0.812. The molecule has 0 spiro atoms. The van der Waals surface area contributed by atoms with Crippen LogP contribution >= 0.6 is 11.3 Å². The molecule has 2 nitrogen and oxygen atoms in total. The number of thiazole rings is 1. The van der Waals surface area contributed by atoms with Crippen molar-refractivity contribution in [2.45, 2.75) is 19.4 Å². The van der Waals surface area contributed by atoms with Gasteiger partial charge in [-0.1, -0.05) is 24.3 Å². The van der Waals surface area contributed by atoms with Crippen LogP contribution in [-0.4, -0.2) is 11.5 Å². The van der Waals surface area contributed by atoms with E-state index in [2.05, 4.69) is 10.3 Å². The normalized spacial score (nSPS) is 11.1. The highest BCUT2D eigenvalue weighted by Crippen LogP contribution is 2.18. The second kappa shape index (κ2) is 6.56. The SMILES string of the molecule is FC(F)c1ccc(CNCCc2nccs2)cc1. The van der Waals surface area contributed by atoms with Gasteiger partial charge in [-0.05, 0) is 5.56 Å². The summed E-state index contributed by atoms with van der Waals surface area (Å²) in [4.78, 5) is 4.19. The van der Waals surface area contributed by atoms with E-state index in [-0.39, 0.29) is 5.56 Å². The van der Waals surface area contributed by atoms with Crippen LogP contribution in [0.3, 0.4) is 0 Å². The minimum absolute atomic E-state index is 0.0709. The maximum atomic E-state index is 12.3. The predicted octanol–water partition coefficient (Wildman–Crippen LogP) is 3.41. The first-order valence-electron chi connectivity index (χ1n) is 5.72. The molecule has 0 aliphatic carbocycles. The van der Waals surface area contributed by atoms with Crippen LogP contribution in [0.4, 0.5) is 8.78 Å². The zero-order valence-corrected chi connectivity index (χ0v) is 10.6. The molecule has 2 aromatic rings. The van der Waals surface area contributed by atoms with E-state index < -0.39 is 6.43 Å². The minimum Gasteiger partial charge on any atom is -0.312 e. The second-order valence-corrected chi connectivity index (χ2v) is 4.87. The summed E-state index contributed by atoms with van der Waals surface area (Å²) >= 11 is 1.64. The Kier molecular flexibility index (Phi) is 4.78. The Morgan fingerprint density at radius 2 is 2.00 bits per heavy atom. The standard InChI is InChI=1S/C13H14F2N2S/c14-13(15)11-3-1-10(2-4-11)9-16-6-5-12-17-7-8-18-12/h1-4,7-8,13,16H,5-6,9H2. The summed E-state index contributed by atoms with van der Waals surface area (Å²) in [6.07, 6.45) is 0.299. The van der Waals surface area contributed by atoms with Crippen LogP contribution in [-0.2, 0) is 13.0 Å². The summed E-state index contributed by atoms with van der Waals surface area (Å²) < 4.78 is 24.7. The third-order valence-corrected chi connectivity index (χ3v) is 3.40. The van der Waals surface area contributed by atoms with Crippen LogP contribution in [0.2, 0.25) is 0 Å². The van der Waals surface area contributed by atoms with Crippen molar-refractivity contribution in [2.24, 2.45) is 0 Å². The number of hydrogen-bond acceptors (Lipinski definition) is 3. The molecule has 96 valence electrons. The summed E-state index contributed by atoms with van der Waals surface area (Å²) in [6.45, 7) is 1.53. The average molecular weight is 268 g/mol. The predicted molar refractivity (Wildman–Crippen MR) is 68.9 cm³/mol. The topological polar surface area (TPSA) is 24.9 Å². The molecule has 0 bridgehead atoms. The zero-order valence-electron chi connectivity index (χ0n) is 9.77. The number of halogens is 2. The lowest BCUT2D eigenvalue weighted by atomic mass is 10.1. The molecule has 0 saturated carbocycles. The number of hydrogen-bond donors (Lipinski definition) is 1. The van der Waals surface area contributed by atoms with Gasteiger partial charge in [-0.15, -0.1) is 11.3 Å². The molecule has 1 aromatic heterocycles. The Bertz CT molecular complexity index is 454. The number of rotatable bonds is 6. The molecule has 0 saturated heterocycles. The van der Waals surface area contributed by atoms with Gasteiger partial charge in [0, 0.05) is 36.7 Å². The number of aromatic nitrogens is 1. The largest absolute Gasteiger partial charge is 0.312 e. The van der Waals surface area contributed by atoms with E-state index >= 15 is 0 Å². The van der Waals surface area contributed by atoms with Crippen LogP contribution in [0, 0.1) is 0 Å². The zero-order chi connectivity index (χ0) is 12.8. The van der Waals surface area contributed by atoms with Crippen LogP contribution < -0.4 is 5.32 Å². The van der Waals surface area contributed by atoms with E-state index in [9.17, 15) is 8.78 Å². The molecule has 2 rings (SSSR count). The van der Waals surface area contributed by atoms with Crippen molar-refractivity contribution in [3.05, 3.63) is 52.0 Å². The lowest BCUT2D eigenvalue weighted by molar-refractivity contribution is 0.151. The Labute approximate surface area is 109 Å². The molecule has 5 heteroatoms. The van der Waals surface area contributed by atoms with E-state index in [1.807, 2.05) is 5.38 Å². The third kappa shape index (κ3) is 3.85. The summed E-state index contributed by atoms with van der Waals surface area (Å²) in [5.41, 5.74) is 1.08. The van der Waals surface area contributed by atoms with Crippen molar-refractivity contribution in [3.63, 3.8) is 0 Å². The van der Waals surface area contributed by atoms with Crippen LogP contribution in [0.25, 0.3) is 0 Å². The van der Waals surface area contributed by atoms with Crippen LogP contribution in [0.5, 0.6) is 0 Å². The maximum absolute atomic E-state index is 12.3. The van der Waals surface area contributed by atoms with Crippen molar-refractivity contribution in [2.75, 3.05) is 6.54 Å². The molecular weight excluding hydrogens is 254 g/mol. The van der Waals surface area contributed by atoms with Crippen molar-refractivity contribution in [1.29, 1.82) is 0 Å². The fourth-order valence-electron chi connectivity index (χ4n) is 1.59. The van der Waals surface area contributed by atoms with Gasteiger partial charge in [0.25, 0.3) is 6.43 Å². The summed E-state index contributed by atoms with van der Waals surface area (Å²) in [5.74, 6) is 0. The highest BCUT2D eigenvalue weighted by Gasteiger charge is 2.05. The van der Waals surface area contributed by atoms with E-state index in [4.69, 9.17) is 0 Å². The Hall–Kier alpha value is -1.33. The van der Waals surface area contributed by atoms with Gasteiger partial charge in [0.2, 0.25) is 0 Å².